The van der Waals surface area contributed by atoms with E-state index >= 15 is 0 Å². The molecule has 1 N–H and O–H groups in total. The van der Waals surface area contributed by atoms with Gasteiger partial charge in [0.15, 0.2) is 0 Å². The summed E-state index contributed by atoms with van der Waals surface area (Å²) in [6.45, 7) is 5.66. The first-order valence-corrected chi connectivity index (χ1v) is 12.9. The average molecular weight is 426 g/mol. The summed E-state index contributed by atoms with van der Waals surface area (Å²) in [7, 11) is 0. The fraction of sp³-hybridized carbons (Fsp3) is 0.828. The fourth-order valence-corrected chi connectivity index (χ4v) is 8.75. The summed E-state index contributed by atoms with van der Waals surface area (Å²) in [4.78, 5) is 11.6. The summed E-state index contributed by atoms with van der Waals surface area (Å²) < 4.78 is 0. The van der Waals surface area contributed by atoms with Crippen molar-refractivity contribution in [3.8, 4) is 12.3 Å². The van der Waals surface area contributed by atoms with Gasteiger partial charge in [-0.1, -0.05) is 46.1 Å². The summed E-state index contributed by atoms with van der Waals surface area (Å²) in [5.41, 5.74) is 1.23. The van der Waals surface area contributed by atoms with E-state index in [1.54, 1.807) is 6.08 Å². The highest BCUT2D eigenvalue weighted by Crippen LogP contribution is 2.67. The van der Waals surface area contributed by atoms with Gasteiger partial charge in [-0.2, -0.15) is 0 Å². The van der Waals surface area contributed by atoms with E-state index in [1.807, 2.05) is 6.08 Å². The Hall–Kier alpha value is -1.23. The zero-order valence-electron chi connectivity index (χ0n) is 19.4. The van der Waals surface area contributed by atoms with Crippen LogP contribution in [0.15, 0.2) is 12.2 Å². The number of allylic oxidation sites excluding steroid dienone is 1. The van der Waals surface area contributed by atoms with Crippen molar-refractivity contribution in [2.24, 2.45) is 40.4 Å². The highest BCUT2D eigenvalue weighted by Gasteiger charge is 2.59. The molecule has 174 valence electrons. The van der Waals surface area contributed by atoms with E-state index in [1.165, 1.54) is 77.0 Å². The van der Waals surface area contributed by atoms with E-state index in [4.69, 9.17) is 6.42 Å². The summed E-state index contributed by atoms with van der Waals surface area (Å²) in [6.07, 6.45) is 27.3. The lowest BCUT2D eigenvalue weighted by molar-refractivity contribution is -0.116. The molecule has 0 radical (unpaired) electrons. The Morgan fingerprint density at radius 1 is 1.03 bits per heavy atom. The Balaban J connectivity index is 0.00000272. The summed E-state index contributed by atoms with van der Waals surface area (Å²) in [5, 5.41) is 2.69. The molecule has 2 nitrogen and oxygen atoms in total. The molecule has 2 heteroatoms. The van der Waals surface area contributed by atoms with Crippen LogP contribution in [0.2, 0.25) is 0 Å². The van der Waals surface area contributed by atoms with Gasteiger partial charge in [-0.15, -0.1) is 6.42 Å². The van der Waals surface area contributed by atoms with Gasteiger partial charge in [0.2, 0.25) is 5.91 Å². The van der Waals surface area contributed by atoms with Crippen LogP contribution in [0.3, 0.4) is 0 Å². The molecule has 4 rings (SSSR count). The van der Waals surface area contributed by atoms with Gasteiger partial charge in [0.25, 0.3) is 0 Å². The van der Waals surface area contributed by atoms with Crippen molar-refractivity contribution in [2.45, 2.75) is 105 Å². The van der Waals surface area contributed by atoms with Gasteiger partial charge in [0, 0.05) is 0 Å². The van der Waals surface area contributed by atoms with Crippen molar-refractivity contribution in [3.05, 3.63) is 12.2 Å². The van der Waals surface area contributed by atoms with Crippen molar-refractivity contribution < 1.29 is 4.79 Å². The predicted octanol–water partition coefficient (Wildman–Crippen LogP) is 7.15. The number of nitrogens with one attached hydrogen (secondary N) is 1. The topological polar surface area (TPSA) is 29.1 Å². The van der Waals surface area contributed by atoms with Gasteiger partial charge in [-0.25, -0.2) is 0 Å². The summed E-state index contributed by atoms with van der Waals surface area (Å²) >= 11 is 0. The molecule has 0 bridgehead atoms. The highest BCUT2D eigenvalue weighted by molar-refractivity contribution is 5.87. The number of rotatable bonds is 6. The number of hydrogen-bond acceptors (Lipinski definition) is 1. The van der Waals surface area contributed by atoms with Gasteiger partial charge in [-0.05, 0) is 117 Å². The van der Waals surface area contributed by atoms with Gasteiger partial charge in [-0.3, -0.25) is 4.79 Å². The molecule has 0 aliphatic heterocycles. The largest absolute Gasteiger partial charge is 0.342 e. The van der Waals surface area contributed by atoms with Crippen LogP contribution >= 0.6 is 0 Å². The molecule has 0 saturated heterocycles. The third-order valence-corrected chi connectivity index (χ3v) is 10.3. The predicted molar refractivity (Wildman–Crippen MR) is 131 cm³/mol. The molecule has 4 aliphatic rings. The van der Waals surface area contributed by atoms with Crippen LogP contribution in [-0.4, -0.2) is 12.5 Å². The maximum absolute atomic E-state index is 11.6. The first kappa shape index (κ1) is 24.4. The first-order chi connectivity index (χ1) is 14.5. The van der Waals surface area contributed by atoms with E-state index in [9.17, 15) is 4.79 Å². The number of fused-ring (bicyclic) bond motifs is 5. The quantitative estimate of drug-likeness (QED) is 0.273. The Labute approximate surface area is 192 Å². The summed E-state index contributed by atoms with van der Waals surface area (Å²) in [6, 6.07) is 0. The molecule has 4 aliphatic carbocycles. The molecule has 6 unspecified atom stereocenters. The smallest absolute Gasteiger partial charge is 0.244 e. The summed E-state index contributed by atoms with van der Waals surface area (Å²) in [5.74, 6) is 7.29. The monoisotopic (exact) mass is 425 g/mol. The van der Waals surface area contributed by atoms with E-state index in [2.05, 4.69) is 25.1 Å². The van der Waals surface area contributed by atoms with E-state index in [0.29, 0.717) is 17.4 Å². The Kier molecular flexibility index (Phi) is 7.99. The van der Waals surface area contributed by atoms with E-state index < -0.39 is 0 Å². The lowest BCUT2D eigenvalue weighted by atomic mass is 9.45. The lowest BCUT2D eigenvalue weighted by Crippen LogP contribution is -2.52. The van der Waals surface area contributed by atoms with Crippen LogP contribution in [0.4, 0.5) is 0 Å². The Bertz CT molecular complexity index is 689. The van der Waals surface area contributed by atoms with Crippen LogP contribution in [0.1, 0.15) is 105 Å². The van der Waals surface area contributed by atoms with E-state index in [0.717, 1.165) is 36.0 Å². The number of carbonyl (C=O) groups excluding carboxylic acids is 1. The zero-order chi connectivity index (χ0) is 21.2. The van der Waals surface area contributed by atoms with Crippen molar-refractivity contribution in [2.75, 3.05) is 6.54 Å². The molecule has 4 saturated carbocycles. The maximum atomic E-state index is 11.6. The molecule has 0 spiro atoms. The maximum Gasteiger partial charge on any atom is 0.244 e. The molecule has 0 heterocycles. The lowest BCUT2D eigenvalue weighted by Gasteiger charge is -2.60. The SMILES string of the molecule is C.C#CCNC(=O)/C=C/CCCC1CCC2C3CCC4CCCC[C@@]4(C)C3CCC12C. The fourth-order valence-electron chi connectivity index (χ4n) is 8.75. The number of terminal acetylenes is 1. The minimum Gasteiger partial charge on any atom is -0.342 e. The molecule has 4 fully saturated rings. The minimum atomic E-state index is -0.0639. The third-order valence-electron chi connectivity index (χ3n) is 10.3. The van der Waals surface area contributed by atoms with Gasteiger partial charge in [0.1, 0.15) is 0 Å². The van der Waals surface area contributed by atoms with Crippen molar-refractivity contribution in [3.63, 3.8) is 0 Å². The molecule has 0 aromatic rings. The van der Waals surface area contributed by atoms with Crippen LogP contribution in [0.5, 0.6) is 0 Å². The normalized spacial score (nSPS) is 41.4. The zero-order valence-corrected chi connectivity index (χ0v) is 19.4. The molecule has 31 heavy (non-hydrogen) atoms. The van der Waals surface area contributed by atoms with E-state index in [-0.39, 0.29) is 13.3 Å². The molecule has 1 amide bonds. The second-order valence-electron chi connectivity index (χ2n) is 11.5. The second kappa shape index (κ2) is 10.1. The van der Waals surface area contributed by atoms with Crippen molar-refractivity contribution in [1.82, 2.24) is 5.32 Å². The first-order valence-electron chi connectivity index (χ1n) is 12.9. The molecule has 7 atom stereocenters. The highest BCUT2D eigenvalue weighted by atomic mass is 16.1. The number of hydrogen-bond donors (Lipinski definition) is 1. The van der Waals surface area contributed by atoms with Crippen molar-refractivity contribution in [1.29, 1.82) is 0 Å². The van der Waals surface area contributed by atoms with Crippen LogP contribution in [-0.2, 0) is 4.79 Å². The van der Waals surface area contributed by atoms with Gasteiger partial charge >= 0.3 is 0 Å². The Morgan fingerprint density at radius 2 is 1.84 bits per heavy atom. The molecular weight excluding hydrogens is 378 g/mol. The second-order valence-corrected chi connectivity index (χ2v) is 11.5. The molecule has 0 aromatic heterocycles. The number of unbranched alkanes of at least 4 members (excludes halogenated alkanes) is 1. The number of amides is 1. The molecular formula is C29H47NO. The average Bonchev–Trinajstić information content (AvgIpc) is 3.08. The van der Waals surface area contributed by atoms with Gasteiger partial charge < -0.3 is 5.32 Å². The number of carbonyl (C=O) groups is 1. The van der Waals surface area contributed by atoms with Crippen LogP contribution in [0.25, 0.3) is 0 Å². The Morgan fingerprint density at radius 3 is 2.65 bits per heavy atom. The van der Waals surface area contributed by atoms with Gasteiger partial charge in [0.05, 0.1) is 6.54 Å². The van der Waals surface area contributed by atoms with Crippen LogP contribution < -0.4 is 5.32 Å². The standard InChI is InChI=1S/C28H43NO.CH4/c1-4-20-29-26(30)12-7-5-6-10-22-14-16-24-23-15-13-21-11-8-9-18-27(21,2)25(23)17-19-28(22,24)3;/h1,7,12,21-25H,5-6,8-11,13-20H2,2-3H3,(H,29,30);1H4/b12-7+;/t21?,22?,23?,24?,25?,27-,28?;/m1./s1. The minimum absolute atomic E-state index is 0. The van der Waals surface area contributed by atoms with Crippen LogP contribution in [0, 0.1) is 52.8 Å². The van der Waals surface area contributed by atoms with Crippen molar-refractivity contribution >= 4 is 5.91 Å². The third kappa shape index (κ3) is 4.62. The molecule has 0 aromatic carbocycles.